The minimum absolute atomic E-state index is 0.0456. The van der Waals surface area contributed by atoms with Crippen molar-refractivity contribution in [2.24, 2.45) is 0 Å². The van der Waals surface area contributed by atoms with Crippen LogP contribution in [0.5, 0.6) is 0 Å². The monoisotopic (exact) mass is 358 g/mol. The number of hydrogen-bond acceptors (Lipinski definition) is 4. The minimum Gasteiger partial charge on any atom is -0.328 e. The lowest BCUT2D eigenvalue weighted by molar-refractivity contribution is -0.116. The SMILES string of the molecule is CCCC(=O)Nc1cccc(NC(=O)N[C@H](C)c2nncn2C(C)C)c1. The van der Waals surface area contributed by atoms with Gasteiger partial charge in [0.25, 0.3) is 0 Å². The minimum atomic E-state index is -0.354. The third-order valence-corrected chi connectivity index (χ3v) is 3.77. The number of benzene rings is 1. The van der Waals surface area contributed by atoms with E-state index in [1.807, 2.05) is 32.3 Å². The molecule has 0 aliphatic rings. The lowest BCUT2D eigenvalue weighted by Gasteiger charge is -2.17. The summed E-state index contributed by atoms with van der Waals surface area (Å²) in [6, 6.07) is 6.58. The second-order valence-corrected chi connectivity index (χ2v) is 6.39. The second kappa shape index (κ2) is 8.98. The fourth-order valence-electron chi connectivity index (χ4n) is 2.51. The molecule has 2 aromatic rings. The van der Waals surface area contributed by atoms with Gasteiger partial charge in [0.1, 0.15) is 6.33 Å². The normalized spacial score (nSPS) is 11.9. The zero-order valence-corrected chi connectivity index (χ0v) is 15.6. The second-order valence-electron chi connectivity index (χ2n) is 6.39. The maximum atomic E-state index is 12.3. The molecular weight excluding hydrogens is 332 g/mol. The average Bonchev–Trinajstić information content (AvgIpc) is 3.05. The largest absolute Gasteiger partial charge is 0.328 e. The number of nitrogens with one attached hydrogen (secondary N) is 3. The Balaban J connectivity index is 1.97. The van der Waals surface area contributed by atoms with E-state index in [1.165, 1.54) is 0 Å². The molecule has 3 N–H and O–H groups in total. The summed E-state index contributed by atoms with van der Waals surface area (Å²) in [4.78, 5) is 24.0. The van der Waals surface area contributed by atoms with E-state index in [4.69, 9.17) is 0 Å². The number of anilines is 2. The van der Waals surface area contributed by atoms with Gasteiger partial charge in [-0.05, 0) is 45.4 Å². The molecule has 26 heavy (non-hydrogen) atoms. The third-order valence-electron chi connectivity index (χ3n) is 3.77. The van der Waals surface area contributed by atoms with Gasteiger partial charge in [-0.3, -0.25) is 4.79 Å². The quantitative estimate of drug-likeness (QED) is 0.705. The molecule has 1 aromatic carbocycles. The zero-order chi connectivity index (χ0) is 19.1. The van der Waals surface area contributed by atoms with Gasteiger partial charge < -0.3 is 20.5 Å². The number of hydrogen-bond donors (Lipinski definition) is 3. The van der Waals surface area contributed by atoms with Crippen LogP contribution in [0.3, 0.4) is 0 Å². The number of nitrogens with zero attached hydrogens (tertiary/aromatic N) is 3. The summed E-state index contributed by atoms with van der Waals surface area (Å²) in [5, 5.41) is 16.4. The molecule has 0 saturated carbocycles. The van der Waals surface area contributed by atoms with E-state index in [0.717, 1.165) is 6.42 Å². The van der Waals surface area contributed by atoms with E-state index < -0.39 is 0 Å². The first-order valence-electron chi connectivity index (χ1n) is 8.77. The standard InChI is InChI=1S/C18H26N6O2/c1-5-7-16(25)21-14-8-6-9-15(10-14)22-18(26)20-13(4)17-23-19-11-24(17)12(2)3/h6,8-13H,5,7H2,1-4H3,(H,21,25)(H2,20,22,26)/t13-/m1/s1. The fraction of sp³-hybridized carbons (Fsp3) is 0.444. The van der Waals surface area contributed by atoms with Crippen LogP contribution in [0.4, 0.5) is 16.2 Å². The van der Waals surface area contributed by atoms with Crippen LogP contribution in [0.15, 0.2) is 30.6 Å². The van der Waals surface area contributed by atoms with E-state index in [2.05, 4.69) is 26.1 Å². The summed E-state index contributed by atoms with van der Waals surface area (Å²) in [6.45, 7) is 7.85. The molecule has 3 amide bonds. The number of aromatic nitrogens is 3. The molecule has 1 atom stereocenters. The zero-order valence-electron chi connectivity index (χ0n) is 15.6. The molecule has 1 heterocycles. The molecular formula is C18H26N6O2. The molecule has 0 saturated heterocycles. The van der Waals surface area contributed by atoms with Crippen molar-refractivity contribution in [1.29, 1.82) is 0 Å². The summed E-state index contributed by atoms with van der Waals surface area (Å²) in [5.41, 5.74) is 1.24. The van der Waals surface area contributed by atoms with Crippen LogP contribution in [0, 0.1) is 0 Å². The molecule has 2 rings (SSSR count). The Kier molecular flexibility index (Phi) is 6.71. The molecule has 8 heteroatoms. The van der Waals surface area contributed by atoms with Gasteiger partial charge in [-0.1, -0.05) is 13.0 Å². The first kappa shape index (κ1) is 19.4. The highest BCUT2D eigenvalue weighted by Crippen LogP contribution is 2.17. The average molecular weight is 358 g/mol. The molecule has 1 aromatic heterocycles. The van der Waals surface area contributed by atoms with Crippen LogP contribution in [0.1, 0.15) is 58.4 Å². The Labute approximate surface area is 153 Å². The van der Waals surface area contributed by atoms with Crippen LogP contribution in [-0.4, -0.2) is 26.7 Å². The van der Waals surface area contributed by atoms with Crippen molar-refractivity contribution in [1.82, 2.24) is 20.1 Å². The summed E-state index contributed by atoms with van der Waals surface area (Å²) >= 11 is 0. The van der Waals surface area contributed by atoms with Crippen molar-refractivity contribution in [3.63, 3.8) is 0 Å². The lowest BCUT2D eigenvalue weighted by Crippen LogP contribution is -2.32. The van der Waals surface area contributed by atoms with Crippen LogP contribution in [-0.2, 0) is 4.79 Å². The summed E-state index contributed by atoms with van der Waals surface area (Å²) in [5.74, 6) is 0.645. The van der Waals surface area contributed by atoms with Crippen molar-refractivity contribution in [3.05, 3.63) is 36.4 Å². The maximum absolute atomic E-state index is 12.3. The summed E-state index contributed by atoms with van der Waals surface area (Å²) in [7, 11) is 0. The van der Waals surface area contributed by atoms with E-state index in [1.54, 1.807) is 30.6 Å². The Morgan fingerprint density at radius 1 is 1.15 bits per heavy atom. The molecule has 8 nitrogen and oxygen atoms in total. The number of rotatable bonds is 7. The smallest absolute Gasteiger partial charge is 0.319 e. The van der Waals surface area contributed by atoms with Gasteiger partial charge >= 0.3 is 6.03 Å². The number of urea groups is 1. The highest BCUT2D eigenvalue weighted by Gasteiger charge is 2.17. The Bertz CT molecular complexity index is 756. The molecule has 0 bridgehead atoms. The highest BCUT2D eigenvalue weighted by molar-refractivity contribution is 5.93. The number of amides is 3. The maximum Gasteiger partial charge on any atom is 0.319 e. The van der Waals surface area contributed by atoms with E-state index in [-0.39, 0.29) is 24.0 Å². The molecule has 0 aliphatic carbocycles. The van der Waals surface area contributed by atoms with Crippen molar-refractivity contribution in [2.75, 3.05) is 10.6 Å². The molecule has 0 radical (unpaired) electrons. The van der Waals surface area contributed by atoms with Gasteiger partial charge in [-0.15, -0.1) is 10.2 Å². The van der Waals surface area contributed by atoms with E-state index >= 15 is 0 Å². The van der Waals surface area contributed by atoms with E-state index in [0.29, 0.717) is 23.6 Å². The van der Waals surface area contributed by atoms with E-state index in [9.17, 15) is 9.59 Å². The lowest BCUT2D eigenvalue weighted by atomic mass is 10.2. The Morgan fingerprint density at radius 3 is 2.50 bits per heavy atom. The molecule has 0 fully saturated rings. The number of carbonyl (C=O) groups is 2. The van der Waals surface area contributed by atoms with Crippen molar-refractivity contribution in [2.45, 2.75) is 52.6 Å². The Hall–Kier alpha value is -2.90. The van der Waals surface area contributed by atoms with Crippen LogP contribution < -0.4 is 16.0 Å². The van der Waals surface area contributed by atoms with Gasteiger partial charge in [0.05, 0.1) is 6.04 Å². The van der Waals surface area contributed by atoms with Crippen molar-refractivity contribution >= 4 is 23.3 Å². The van der Waals surface area contributed by atoms with Crippen LogP contribution in [0.2, 0.25) is 0 Å². The van der Waals surface area contributed by atoms with Gasteiger partial charge in [0, 0.05) is 23.8 Å². The molecule has 0 spiro atoms. The van der Waals surface area contributed by atoms with Crippen LogP contribution in [0.25, 0.3) is 0 Å². The van der Waals surface area contributed by atoms with Gasteiger partial charge in [-0.25, -0.2) is 4.79 Å². The van der Waals surface area contributed by atoms with Gasteiger partial charge in [0.15, 0.2) is 5.82 Å². The molecule has 140 valence electrons. The molecule has 0 aliphatic heterocycles. The topological polar surface area (TPSA) is 101 Å². The predicted octanol–water partition coefficient (Wildman–Crippen LogP) is 3.48. The number of carbonyl (C=O) groups excluding carboxylic acids is 2. The van der Waals surface area contributed by atoms with Gasteiger partial charge in [-0.2, -0.15) is 0 Å². The first-order valence-corrected chi connectivity index (χ1v) is 8.77. The van der Waals surface area contributed by atoms with Crippen molar-refractivity contribution < 1.29 is 9.59 Å². The third kappa shape index (κ3) is 5.30. The Morgan fingerprint density at radius 2 is 1.85 bits per heavy atom. The summed E-state index contributed by atoms with van der Waals surface area (Å²) < 4.78 is 1.91. The van der Waals surface area contributed by atoms with Gasteiger partial charge in [0.2, 0.25) is 5.91 Å². The highest BCUT2D eigenvalue weighted by atomic mass is 16.2. The first-order chi connectivity index (χ1) is 12.4. The predicted molar refractivity (Wildman–Crippen MR) is 101 cm³/mol. The van der Waals surface area contributed by atoms with Crippen LogP contribution >= 0.6 is 0 Å². The summed E-state index contributed by atoms with van der Waals surface area (Å²) in [6.07, 6.45) is 2.90. The molecule has 0 unspecified atom stereocenters. The van der Waals surface area contributed by atoms with Crippen molar-refractivity contribution in [3.8, 4) is 0 Å². The fourth-order valence-corrected chi connectivity index (χ4v) is 2.51.